The molecule has 0 bridgehead atoms. The highest BCUT2D eigenvalue weighted by atomic mass is 32.2. The highest BCUT2D eigenvalue weighted by Gasteiger charge is 2.19. The third-order valence-electron chi connectivity index (χ3n) is 5.12. The van der Waals surface area contributed by atoms with Crippen LogP contribution in [-0.4, -0.2) is 30.0 Å². The molecule has 1 amide bonds. The average Bonchev–Trinajstić information content (AvgIpc) is 3.59. The number of anilines is 2. The van der Waals surface area contributed by atoms with Crippen molar-refractivity contribution in [3.05, 3.63) is 96.5 Å². The van der Waals surface area contributed by atoms with Crippen LogP contribution in [0.15, 0.2) is 111 Å². The summed E-state index contributed by atoms with van der Waals surface area (Å²) < 4.78 is 33.4. The number of amides is 1. The van der Waals surface area contributed by atoms with E-state index >= 15 is 0 Å². The number of thiazole rings is 1. The predicted octanol–water partition coefficient (Wildman–Crippen LogP) is 6.00. The minimum Gasteiger partial charge on any atom is -0.431 e. The van der Waals surface area contributed by atoms with E-state index < -0.39 is 10.0 Å². The van der Waals surface area contributed by atoms with Crippen LogP contribution in [0.2, 0.25) is 0 Å². The van der Waals surface area contributed by atoms with Gasteiger partial charge in [0.1, 0.15) is 5.69 Å². The Bertz CT molecular complexity index is 1530. The summed E-state index contributed by atoms with van der Waals surface area (Å²) in [6.45, 7) is 0. The van der Waals surface area contributed by atoms with Gasteiger partial charge in [0.05, 0.1) is 10.6 Å². The van der Waals surface area contributed by atoms with Crippen molar-refractivity contribution in [3.8, 4) is 22.6 Å². The van der Waals surface area contributed by atoms with Crippen molar-refractivity contribution in [3.63, 3.8) is 0 Å². The molecule has 0 aliphatic heterocycles. The van der Waals surface area contributed by atoms with Gasteiger partial charge >= 0.3 is 0 Å². The minimum absolute atomic E-state index is 0.0641. The summed E-state index contributed by atoms with van der Waals surface area (Å²) in [5, 5.41) is 5.11. The Morgan fingerprint density at radius 2 is 1.59 bits per heavy atom. The molecule has 2 N–H and O–H groups in total. The Morgan fingerprint density at radius 1 is 0.919 bits per heavy atom. The highest BCUT2D eigenvalue weighted by molar-refractivity contribution is 7.99. The van der Waals surface area contributed by atoms with Gasteiger partial charge in [-0.1, -0.05) is 72.4 Å². The van der Waals surface area contributed by atoms with Crippen LogP contribution in [0, 0.1) is 0 Å². The number of benzene rings is 3. The van der Waals surface area contributed by atoms with E-state index in [1.54, 1.807) is 5.38 Å². The Labute approximate surface area is 221 Å². The molecule has 5 aromatic rings. The van der Waals surface area contributed by atoms with Crippen molar-refractivity contribution in [1.82, 2.24) is 9.97 Å². The lowest BCUT2D eigenvalue weighted by Gasteiger charge is -2.07. The Morgan fingerprint density at radius 3 is 2.24 bits per heavy atom. The molecule has 5 rings (SSSR count). The van der Waals surface area contributed by atoms with Crippen LogP contribution in [0.1, 0.15) is 0 Å². The zero-order chi connectivity index (χ0) is 25.7. The summed E-state index contributed by atoms with van der Waals surface area (Å²) in [6, 6.07) is 25.3. The lowest BCUT2D eigenvalue weighted by atomic mass is 10.1. The van der Waals surface area contributed by atoms with Gasteiger partial charge in [-0.15, -0.1) is 11.3 Å². The summed E-state index contributed by atoms with van der Waals surface area (Å²) in [4.78, 5) is 21.2. The van der Waals surface area contributed by atoms with Crippen molar-refractivity contribution in [2.45, 2.75) is 10.1 Å². The molecule has 0 aliphatic rings. The minimum atomic E-state index is -3.76. The molecule has 3 aromatic carbocycles. The summed E-state index contributed by atoms with van der Waals surface area (Å²) in [6.07, 6.45) is 1.52. The second kappa shape index (κ2) is 11.0. The van der Waals surface area contributed by atoms with Crippen molar-refractivity contribution in [2.75, 3.05) is 15.8 Å². The third kappa shape index (κ3) is 6.08. The van der Waals surface area contributed by atoms with Crippen LogP contribution in [-0.2, 0) is 14.8 Å². The molecule has 0 unspecified atom stereocenters. The number of oxazole rings is 1. The standard InChI is InChI=1S/C26H20N4O4S3/c31-22(28-20-11-13-21(14-12-20)37(32,33)30-25-27-15-16-35-25)17-36-26-29-23(18-7-3-1-4-8-18)24(34-26)19-9-5-2-6-10-19/h1-16H,17H2,(H,27,30)(H,28,31). The Balaban J connectivity index is 1.25. The lowest BCUT2D eigenvalue weighted by molar-refractivity contribution is -0.113. The molecule has 0 radical (unpaired) electrons. The Kier molecular flexibility index (Phi) is 7.35. The number of hydrogen-bond acceptors (Lipinski definition) is 8. The van der Waals surface area contributed by atoms with Crippen LogP contribution >= 0.6 is 23.1 Å². The fourth-order valence-corrected chi connectivity index (χ4v) is 5.84. The van der Waals surface area contributed by atoms with Crippen molar-refractivity contribution in [1.29, 1.82) is 0 Å². The van der Waals surface area contributed by atoms with Crippen LogP contribution in [0.25, 0.3) is 22.6 Å². The van der Waals surface area contributed by atoms with E-state index in [0.717, 1.165) is 11.1 Å². The summed E-state index contributed by atoms with van der Waals surface area (Å²) in [5.74, 6) is 0.425. The first-order chi connectivity index (χ1) is 18.0. The van der Waals surface area contributed by atoms with E-state index in [-0.39, 0.29) is 21.7 Å². The number of carbonyl (C=O) groups is 1. The topological polar surface area (TPSA) is 114 Å². The SMILES string of the molecule is O=C(CSc1nc(-c2ccccc2)c(-c2ccccc2)o1)Nc1ccc(S(=O)(=O)Nc2nccs2)cc1. The number of sulfonamides is 1. The van der Waals surface area contributed by atoms with Gasteiger partial charge in [-0.2, -0.15) is 0 Å². The molecular formula is C26H20N4O4S3. The smallest absolute Gasteiger partial charge is 0.263 e. The van der Waals surface area contributed by atoms with Gasteiger partial charge in [0.25, 0.3) is 15.2 Å². The van der Waals surface area contributed by atoms with Gasteiger partial charge in [-0.05, 0) is 24.3 Å². The third-order valence-corrected chi connectivity index (χ3v) is 8.12. The second-order valence-corrected chi connectivity index (χ2v) is 11.2. The van der Waals surface area contributed by atoms with Gasteiger partial charge in [0.15, 0.2) is 10.9 Å². The molecule has 0 saturated heterocycles. The quantitative estimate of drug-likeness (QED) is 0.217. The number of thioether (sulfide) groups is 1. The largest absolute Gasteiger partial charge is 0.431 e. The molecule has 2 heterocycles. The molecule has 0 spiro atoms. The molecule has 8 nitrogen and oxygen atoms in total. The van der Waals surface area contributed by atoms with E-state index in [1.807, 2.05) is 60.7 Å². The second-order valence-electron chi connectivity index (χ2n) is 7.69. The van der Waals surface area contributed by atoms with Gasteiger partial charge < -0.3 is 9.73 Å². The molecular weight excluding hydrogens is 529 g/mol. The molecule has 0 fully saturated rings. The van der Waals surface area contributed by atoms with Gasteiger partial charge in [-0.25, -0.2) is 18.4 Å². The van der Waals surface area contributed by atoms with Crippen LogP contribution in [0.4, 0.5) is 10.8 Å². The fraction of sp³-hybridized carbons (Fsp3) is 0.0385. The van der Waals surface area contributed by atoms with Gasteiger partial charge in [-0.3, -0.25) is 9.52 Å². The van der Waals surface area contributed by atoms with Gasteiger partial charge in [0.2, 0.25) is 5.91 Å². The van der Waals surface area contributed by atoms with Crippen molar-refractivity contribution < 1.29 is 17.6 Å². The van der Waals surface area contributed by atoms with Crippen LogP contribution in [0.5, 0.6) is 0 Å². The number of nitrogens with one attached hydrogen (secondary N) is 2. The summed E-state index contributed by atoms with van der Waals surface area (Å²) in [7, 11) is -3.76. The highest BCUT2D eigenvalue weighted by Crippen LogP contribution is 2.35. The Hall–Kier alpha value is -3.93. The first kappa shape index (κ1) is 24.8. The first-order valence-corrected chi connectivity index (χ1v) is 14.4. The van der Waals surface area contributed by atoms with E-state index in [1.165, 1.54) is 53.6 Å². The number of carbonyl (C=O) groups excluding carboxylic acids is 1. The summed E-state index contributed by atoms with van der Waals surface area (Å²) >= 11 is 2.37. The van der Waals surface area contributed by atoms with Crippen molar-refractivity contribution >= 4 is 49.8 Å². The number of hydrogen-bond donors (Lipinski definition) is 2. The zero-order valence-corrected chi connectivity index (χ0v) is 21.6. The normalized spacial score (nSPS) is 11.2. The zero-order valence-electron chi connectivity index (χ0n) is 19.2. The van der Waals surface area contributed by atoms with E-state index in [4.69, 9.17) is 4.42 Å². The molecule has 2 aromatic heterocycles. The van der Waals surface area contributed by atoms with E-state index in [9.17, 15) is 13.2 Å². The fourth-order valence-electron chi connectivity index (χ4n) is 3.43. The van der Waals surface area contributed by atoms with Crippen LogP contribution < -0.4 is 10.0 Å². The van der Waals surface area contributed by atoms with E-state index in [0.29, 0.717) is 22.4 Å². The monoisotopic (exact) mass is 548 g/mol. The van der Waals surface area contributed by atoms with Crippen molar-refractivity contribution in [2.24, 2.45) is 0 Å². The maximum Gasteiger partial charge on any atom is 0.263 e. The molecule has 37 heavy (non-hydrogen) atoms. The summed E-state index contributed by atoms with van der Waals surface area (Å²) in [5.41, 5.74) is 2.99. The number of rotatable bonds is 9. The number of nitrogens with zero attached hydrogens (tertiary/aromatic N) is 2. The van der Waals surface area contributed by atoms with Crippen LogP contribution in [0.3, 0.4) is 0 Å². The maximum absolute atomic E-state index is 12.6. The van der Waals surface area contributed by atoms with E-state index in [2.05, 4.69) is 20.0 Å². The predicted molar refractivity (Wildman–Crippen MR) is 146 cm³/mol. The molecule has 0 saturated carbocycles. The first-order valence-electron chi connectivity index (χ1n) is 11.0. The van der Waals surface area contributed by atoms with Gasteiger partial charge in [0, 0.05) is 28.4 Å². The molecule has 0 atom stereocenters. The number of aromatic nitrogens is 2. The average molecular weight is 549 g/mol. The molecule has 0 aliphatic carbocycles. The maximum atomic E-state index is 12.6. The molecule has 11 heteroatoms. The lowest BCUT2D eigenvalue weighted by Crippen LogP contribution is -2.15. The molecule has 186 valence electrons.